The van der Waals surface area contributed by atoms with Gasteiger partial charge in [0.05, 0.1) is 12.4 Å². The van der Waals surface area contributed by atoms with Gasteiger partial charge >= 0.3 is 0 Å². The highest BCUT2D eigenvalue weighted by molar-refractivity contribution is 6.04. The van der Waals surface area contributed by atoms with Gasteiger partial charge in [-0.1, -0.05) is 36.4 Å². The van der Waals surface area contributed by atoms with Gasteiger partial charge in [-0.15, -0.1) is 0 Å². The van der Waals surface area contributed by atoms with Crippen LogP contribution in [0.2, 0.25) is 0 Å². The molecule has 0 aliphatic carbocycles. The van der Waals surface area contributed by atoms with Crippen molar-refractivity contribution in [3.05, 3.63) is 78.8 Å². The van der Waals surface area contributed by atoms with Gasteiger partial charge in [0.25, 0.3) is 5.91 Å². The summed E-state index contributed by atoms with van der Waals surface area (Å²) in [6.07, 6.45) is 3.27. The third kappa shape index (κ3) is 3.81. The summed E-state index contributed by atoms with van der Waals surface area (Å²) >= 11 is 0. The maximum absolute atomic E-state index is 12.6. The van der Waals surface area contributed by atoms with E-state index < -0.39 is 0 Å². The standard InChI is InChI=1S/C22H23N5O/c1-25(18-8-4-2-5-9-18)22(28)20-16-24-21(17-23-20)27-14-12-26(13-15-27)19-10-6-3-7-11-19/h2-11,16-17H,12-15H2,1H3. The number of benzene rings is 2. The molecular weight excluding hydrogens is 350 g/mol. The molecule has 0 radical (unpaired) electrons. The van der Waals surface area contributed by atoms with Crippen LogP contribution in [0.4, 0.5) is 17.2 Å². The maximum Gasteiger partial charge on any atom is 0.278 e. The zero-order valence-electron chi connectivity index (χ0n) is 15.9. The highest BCUT2D eigenvalue weighted by atomic mass is 16.2. The summed E-state index contributed by atoms with van der Waals surface area (Å²) in [7, 11) is 1.75. The zero-order chi connectivity index (χ0) is 19.3. The summed E-state index contributed by atoms with van der Waals surface area (Å²) < 4.78 is 0. The maximum atomic E-state index is 12.6. The van der Waals surface area contributed by atoms with Crippen LogP contribution in [0.25, 0.3) is 0 Å². The van der Waals surface area contributed by atoms with E-state index in [0.29, 0.717) is 5.69 Å². The Morgan fingerprint density at radius 2 is 1.43 bits per heavy atom. The summed E-state index contributed by atoms with van der Waals surface area (Å²) in [5, 5.41) is 0. The van der Waals surface area contributed by atoms with Crippen molar-refractivity contribution in [3.63, 3.8) is 0 Å². The molecule has 0 atom stereocenters. The molecule has 1 aliphatic heterocycles. The second-order valence-corrected chi connectivity index (χ2v) is 6.77. The number of hydrogen-bond donors (Lipinski definition) is 0. The van der Waals surface area contributed by atoms with Gasteiger partial charge in [-0.3, -0.25) is 4.79 Å². The van der Waals surface area contributed by atoms with Crippen molar-refractivity contribution in [2.45, 2.75) is 0 Å². The van der Waals surface area contributed by atoms with Gasteiger partial charge in [-0.05, 0) is 24.3 Å². The number of rotatable bonds is 4. The van der Waals surface area contributed by atoms with Gasteiger partial charge in [0, 0.05) is 44.6 Å². The van der Waals surface area contributed by atoms with Crippen LogP contribution in [0.15, 0.2) is 73.1 Å². The first-order valence-electron chi connectivity index (χ1n) is 9.42. The van der Waals surface area contributed by atoms with Crippen LogP contribution < -0.4 is 14.7 Å². The van der Waals surface area contributed by atoms with E-state index in [2.05, 4.69) is 44.0 Å². The average Bonchev–Trinajstić information content (AvgIpc) is 2.79. The van der Waals surface area contributed by atoms with E-state index in [1.165, 1.54) is 5.69 Å². The first-order chi connectivity index (χ1) is 13.7. The Morgan fingerprint density at radius 3 is 2.04 bits per heavy atom. The topological polar surface area (TPSA) is 52.6 Å². The fourth-order valence-electron chi connectivity index (χ4n) is 3.37. The van der Waals surface area contributed by atoms with Crippen LogP contribution in [-0.4, -0.2) is 49.1 Å². The minimum absolute atomic E-state index is 0.167. The van der Waals surface area contributed by atoms with Gasteiger partial charge in [0.2, 0.25) is 0 Å². The van der Waals surface area contributed by atoms with E-state index in [1.54, 1.807) is 24.3 Å². The van der Waals surface area contributed by atoms with Crippen molar-refractivity contribution in [1.82, 2.24) is 9.97 Å². The summed E-state index contributed by atoms with van der Waals surface area (Å²) in [6.45, 7) is 3.62. The van der Waals surface area contributed by atoms with Gasteiger partial charge in [-0.2, -0.15) is 0 Å². The van der Waals surface area contributed by atoms with Gasteiger partial charge in [-0.25, -0.2) is 9.97 Å². The highest BCUT2D eigenvalue weighted by Gasteiger charge is 2.20. The van der Waals surface area contributed by atoms with Crippen molar-refractivity contribution < 1.29 is 4.79 Å². The van der Waals surface area contributed by atoms with Crippen LogP contribution in [0.3, 0.4) is 0 Å². The molecule has 3 aromatic rings. The number of carbonyl (C=O) groups excluding carboxylic acids is 1. The third-order valence-corrected chi connectivity index (χ3v) is 5.03. The quantitative estimate of drug-likeness (QED) is 0.703. The number of piperazine rings is 1. The smallest absolute Gasteiger partial charge is 0.278 e. The molecule has 0 bridgehead atoms. The molecule has 2 aromatic carbocycles. The molecule has 1 amide bonds. The monoisotopic (exact) mass is 373 g/mol. The van der Waals surface area contributed by atoms with Gasteiger partial charge < -0.3 is 14.7 Å². The van der Waals surface area contributed by atoms with Crippen molar-refractivity contribution in [2.24, 2.45) is 0 Å². The minimum Gasteiger partial charge on any atom is -0.368 e. The molecule has 28 heavy (non-hydrogen) atoms. The lowest BCUT2D eigenvalue weighted by Crippen LogP contribution is -2.46. The molecule has 0 saturated carbocycles. The predicted molar refractivity (Wildman–Crippen MR) is 112 cm³/mol. The van der Waals surface area contributed by atoms with Crippen LogP contribution in [0, 0.1) is 0 Å². The lowest BCUT2D eigenvalue weighted by Gasteiger charge is -2.36. The molecule has 6 nitrogen and oxygen atoms in total. The Labute approximate surface area is 165 Å². The molecule has 142 valence electrons. The number of para-hydroxylation sites is 2. The third-order valence-electron chi connectivity index (χ3n) is 5.03. The number of hydrogen-bond acceptors (Lipinski definition) is 5. The Balaban J connectivity index is 1.39. The zero-order valence-corrected chi connectivity index (χ0v) is 15.9. The Hall–Kier alpha value is -3.41. The van der Waals surface area contributed by atoms with Crippen molar-refractivity contribution in [3.8, 4) is 0 Å². The Bertz CT molecular complexity index is 907. The summed E-state index contributed by atoms with van der Waals surface area (Å²) in [6, 6.07) is 20.0. The summed E-state index contributed by atoms with van der Waals surface area (Å²) in [5.74, 6) is 0.644. The van der Waals surface area contributed by atoms with Crippen LogP contribution in [0.1, 0.15) is 10.5 Å². The molecule has 0 spiro atoms. The van der Waals surface area contributed by atoms with E-state index in [1.807, 2.05) is 36.4 Å². The van der Waals surface area contributed by atoms with Crippen molar-refractivity contribution >= 4 is 23.1 Å². The largest absolute Gasteiger partial charge is 0.368 e. The molecule has 1 saturated heterocycles. The molecule has 4 rings (SSSR count). The van der Waals surface area contributed by atoms with E-state index in [9.17, 15) is 4.79 Å². The number of nitrogens with zero attached hydrogens (tertiary/aromatic N) is 5. The Morgan fingerprint density at radius 1 is 0.821 bits per heavy atom. The van der Waals surface area contributed by atoms with Crippen molar-refractivity contribution in [1.29, 1.82) is 0 Å². The van der Waals surface area contributed by atoms with Crippen LogP contribution in [0.5, 0.6) is 0 Å². The lowest BCUT2D eigenvalue weighted by atomic mass is 10.2. The second-order valence-electron chi connectivity index (χ2n) is 6.77. The highest BCUT2D eigenvalue weighted by Crippen LogP contribution is 2.19. The van der Waals surface area contributed by atoms with Crippen LogP contribution in [-0.2, 0) is 0 Å². The van der Waals surface area contributed by atoms with Crippen LogP contribution >= 0.6 is 0 Å². The molecule has 1 aromatic heterocycles. The second kappa shape index (κ2) is 8.08. The average molecular weight is 373 g/mol. The number of carbonyl (C=O) groups is 1. The first kappa shape index (κ1) is 18.0. The molecule has 1 fully saturated rings. The SMILES string of the molecule is CN(C(=O)c1cnc(N2CCN(c3ccccc3)CC2)cn1)c1ccccc1. The van der Waals surface area contributed by atoms with Crippen molar-refractivity contribution in [2.75, 3.05) is 47.9 Å². The van der Waals surface area contributed by atoms with E-state index in [4.69, 9.17) is 0 Å². The van der Waals surface area contributed by atoms with Gasteiger partial charge in [0.1, 0.15) is 11.5 Å². The molecular formula is C22H23N5O. The fraction of sp³-hybridized carbons (Fsp3) is 0.227. The normalized spacial score (nSPS) is 14.0. The van der Waals surface area contributed by atoms with Gasteiger partial charge in [0.15, 0.2) is 0 Å². The number of amides is 1. The van der Waals surface area contributed by atoms with E-state index >= 15 is 0 Å². The fourth-order valence-corrected chi connectivity index (χ4v) is 3.37. The van der Waals surface area contributed by atoms with E-state index in [0.717, 1.165) is 37.7 Å². The lowest BCUT2D eigenvalue weighted by molar-refractivity contribution is 0.0988. The summed E-state index contributed by atoms with van der Waals surface area (Å²) in [5.41, 5.74) is 2.42. The molecule has 6 heteroatoms. The number of anilines is 3. The molecule has 0 unspecified atom stereocenters. The van der Waals surface area contributed by atoms with E-state index in [-0.39, 0.29) is 5.91 Å². The molecule has 1 aliphatic rings. The summed E-state index contributed by atoms with van der Waals surface area (Å²) in [4.78, 5) is 27.7. The first-order valence-corrected chi connectivity index (χ1v) is 9.42. The molecule has 2 heterocycles. The number of aromatic nitrogens is 2. The Kier molecular flexibility index (Phi) is 5.19. The predicted octanol–water partition coefficient (Wildman–Crippen LogP) is 3.08. The minimum atomic E-state index is -0.167. The molecule has 0 N–H and O–H groups in total.